The van der Waals surface area contributed by atoms with Crippen molar-refractivity contribution in [1.82, 2.24) is 0 Å². The fourth-order valence-corrected chi connectivity index (χ4v) is 1.88. The van der Waals surface area contributed by atoms with Gasteiger partial charge in [0, 0.05) is 0 Å². The Morgan fingerprint density at radius 1 is 1.16 bits per heavy atom. The van der Waals surface area contributed by atoms with Crippen LogP contribution in [0.4, 0.5) is 13.2 Å². The van der Waals surface area contributed by atoms with Gasteiger partial charge in [-0.15, -0.1) is 0 Å². The third-order valence-electron chi connectivity index (χ3n) is 2.87. The highest BCUT2D eigenvalue weighted by Gasteiger charge is 2.38. The van der Waals surface area contributed by atoms with Crippen LogP contribution in [-0.4, -0.2) is 34.4 Å². The van der Waals surface area contributed by atoms with Crippen LogP contribution in [0.3, 0.4) is 0 Å². The fraction of sp³-hybridized carbons (Fsp3) is 0.818. The maximum absolute atomic E-state index is 10.6. The summed E-state index contributed by atoms with van der Waals surface area (Å²) in [6.07, 6.45) is 1.71. The predicted octanol–water partition coefficient (Wildman–Crippen LogP) is 2.00. The normalized spacial score (nSPS) is 18.1. The molecule has 0 saturated heterocycles. The van der Waals surface area contributed by atoms with Crippen LogP contribution in [0.15, 0.2) is 0 Å². The van der Waals surface area contributed by atoms with Gasteiger partial charge in [0.05, 0.1) is 0 Å². The number of carboxylic acid groups (broad SMARTS) is 2. The molecule has 0 aromatic carbocycles. The van der Waals surface area contributed by atoms with Crippen molar-refractivity contribution < 1.29 is 33.0 Å². The van der Waals surface area contributed by atoms with E-state index in [0.29, 0.717) is 12.3 Å². The van der Waals surface area contributed by atoms with Gasteiger partial charge < -0.3 is 15.9 Å². The van der Waals surface area contributed by atoms with Crippen molar-refractivity contribution in [1.29, 1.82) is 0 Å². The molecule has 1 unspecified atom stereocenters. The quantitative estimate of drug-likeness (QED) is 0.736. The van der Waals surface area contributed by atoms with Gasteiger partial charge in [-0.1, -0.05) is 32.1 Å². The number of rotatable bonds is 3. The van der Waals surface area contributed by atoms with E-state index in [4.69, 9.17) is 20.7 Å². The van der Waals surface area contributed by atoms with Gasteiger partial charge in [-0.25, -0.2) is 4.79 Å². The monoisotopic (exact) mass is 285 g/mol. The van der Waals surface area contributed by atoms with Crippen LogP contribution in [0.5, 0.6) is 0 Å². The molecule has 0 amide bonds. The van der Waals surface area contributed by atoms with Crippen LogP contribution in [0.25, 0.3) is 0 Å². The predicted molar refractivity (Wildman–Crippen MR) is 60.5 cm³/mol. The van der Waals surface area contributed by atoms with Gasteiger partial charge in [0.2, 0.25) is 0 Å². The molecule has 1 rings (SSSR count). The largest absolute Gasteiger partial charge is 0.490 e. The van der Waals surface area contributed by atoms with E-state index in [1.54, 1.807) is 0 Å². The summed E-state index contributed by atoms with van der Waals surface area (Å²) in [7, 11) is 0. The summed E-state index contributed by atoms with van der Waals surface area (Å²) in [6.45, 7) is 0. The SMILES string of the molecule is NC(CC1CCCCC1)C(=O)O.O=C(O)C(F)(F)F. The molecule has 1 aliphatic rings. The second-order valence-corrected chi connectivity index (χ2v) is 4.49. The summed E-state index contributed by atoms with van der Waals surface area (Å²) in [6, 6.07) is -0.645. The van der Waals surface area contributed by atoms with Crippen molar-refractivity contribution in [3.63, 3.8) is 0 Å². The Bertz CT molecular complexity index is 301. The lowest BCUT2D eigenvalue weighted by atomic mass is 9.85. The van der Waals surface area contributed by atoms with Crippen LogP contribution in [0, 0.1) is 5.92 Å². The van der Waals surface area contributed by atoms with Crippen LogP contribution < -0.4 is 5.73 Å². The number of halogens is 3. The second kappa shape index (κ2) is 7.98. The molecule has 0 bridgehead atoms. The summed E-state index contributed by atoms with van der Waals surface area (Å²) in [5, 5.41) is 15.7. The first-order valence-electron chi connectivity index (χ1n) is 5.93. The highest BCUT2D eigenvalue weighted by atomic mass is 19.4. The molecule has 1 fully saturated rings. The minimum atomic E-state index is -5.08. The molecule has 0 radical (unpaired) electrons. The Morgan fingerprint density at radius 3 is 1.89 bits per heavy atom. The second-order valence-electron chi connectivity index (χ2n) is 4.49. The van der Waals surface area contributed by atoms with Gasteiger partial charge in [0.1, 0.15) is 6.04 Å². The average Bonchev–Trinajstić information content (AvgIpc) is 2.29. The van der Waals surface area contributed by atoms with Crippen molar-refractivity contribution in [2.75, 3.05) is 0 Å². The van der Waals surface area contributed by atoms with Crippen molar-refractivity contribution in [3.05, 3.63) is 0 Å². The zero-order valence-corrected chi connectivity index (χ0v) is 10.3. The fourth-order valence-electron chi connectivity index (χ4n) is 1.88. The lowest BCUT2D eigenvalue weighted by Gasteiger charge is -2.22. The van der Waals surface area contributed by atoms with E-state index in [0.717, 1.165) is 0 Å². The first kappa shape index (κ1) is 17.7. The smallest absolute Gasteiger partial charge is 0.480 e. The van der Waals surface area contributed by atoms with Gasteiger partial charge in [0.15, 0.2) is 0 Å². The van der Waals surface area contributed by atoms with Crippen LogP contribution in [0.2, 0.25) is 0 Å². The van der Waals surface area contributed by atoms with Gasteiger partial charge in [-0.3, -0.25) is 4.79 Å². The molecule has 0 aromatic rings. The van der Waals surface area contributed by atoms with Gasteiger partial charge in [-0.05, 0) is 12.3 Å². The average molecular weight is 285 g/mol. The first-order valence-corrected chi connectivity index (χ1v) is 5.93. The molecular weight excluding hydrogens is 267 g/mol. The molecule has 4 N–H and O–H groups in total. The summed E-state index contributed by atoms with van der Waals surface area (Å²) < 4.78 is 31.7. The summed E-state index contributed by atoms with van der Waals surface area (Å²) >= 11 is 0. The molecule has 1 saturated carbocycles. The Balaban J connectivity index is 0.000000399. The highest BCUT2D eigenvalue weighted by molar-refractivity contribution is 5.73. The Hall–Kier alpha value is -1.31. The number of hydrogen-bond acceptors (Lipinski definition) is 3. The molecule has 0 aromatic heterocycles. The van der Waals surface area contributed by atoms with E-state index < -0.39 is 24.2 Å². The minimum absolute atomic E-state index is 0.560. The molecule has 1 aliphatic carbocycles. The molecular formula is C11H18F3NO4. The Kier molecular flexibility index (Phi) is 7.43. The first-order chi connectivity index (χ1) is 8.64. The zero-order chi connectivity index (χ0) is 15.1. The lowest BCUT2D eigenvalue weighted by molar-refractivity contribution is -0.192. The molecule has 19 heavy (non-hydrogen) atoms. The zero-order valence-electron chi connectivity index (χ0n) is 10.3. The van der Waals surface area contributed by atoms with Crippen molar-refractivity contribution in [2.45, 2.75) is 50.7 Å². The third-order valence-corrected chi connectivity index (χ3v) is 2.87. The Labute approximate surface area is 108 Å². The topological polar surface area (TPSA) is 101 Å². The van der Waals surface area contributed by atoms with Gasteiger partial charge in [-0.2, -0.15) is 13.2 Å². The number of hydrogen-bond donors (Lipinski definition) is 3. The molecule has 0 heterocycles. The number of aliphatic carboxylic acids is 2. The lowest BCUT2D eigenvalue weighted by Crippen LogP contribution is -2.32. The van der Waals surface area contributed by atoms with Crippen molar-refractivity contribution in [3.8, 4) is 0 Å². The third kappa shape index (κ3) is 8.41. The Morgan fingerprint density at radius 2 is 1.58 bits per heavy atom. The maximum atomic E-state index is 10.6. The van der Waals surface area contributed by atoms with E-state index in [2.05, 4.69) is 0 Å². The van der Waals surface area contributed by atoms with E-state index in [9.17, 15) is 18.0 Å². The van der Waals surface area contributed by atoms with Crippen LogP contribution in [0.1, 0.15) is 38.5 Å². The van der Waals surface area contributed by atoms with Crippen LogP contribution in [-0.2, 0) is 9.59 Å². The van der Waals surface area contributed by atoms with E-state index in [1.165, 1.54) is 32.1 Å². The number of nitrogens with two attached hydrogens (primary N) is 1. The molecule has 0 spiro atoms. The molecule has 112 valence electrons. The summed E-state index contributed by atoms with van der Waals surface area (Å²) in [5.41, 5.74) is 5.45. The number of carbonyl (C=O) groups is 2. The number of alkyl halides is 3. The molecule has 8 heteroatoms. The van der Waals surface area contributed by atoms with Crippen molar-refractivity contribution >= 4 is 11.9 Å². The summed E-state index contributed by atoms with van der Waals surface area (Å²) in [4.78, 5) is 19.3. The standard InChI is InChI=1S/C9H17NO2.C2HF3O2/c10-8(9(11)12)6-7-4-2-1-3-5-7;3-2(4,5)1(6)7/h7-8H,1-6,10H2,(H,11,12);(H,6,7). The van der Waals surface area contributed by atoms with Crippen LogP contribution >= 0.6 is 0 Å². The maximum Gasteiger partial charge on any atom is 0.490 e. The summed E-state index contributed by atoms with van der Waals surface area (Å²) in [5.74, 6) is -3.06. The van der Waals surface area contributed by atoms with Gasteiger partial charge >= 0.3 is 18.1 Å². The molecule has 5 nitrogen and oxygen atoms in total. The van der Waals surface area contributed by atoms with Crippen molar-refractivity contribution in [2.24, 2.45) is 11.7 Å². The number of carboxylic acids is 2. The van der Waals surface area contributed by atoms with E-state index in [-0.39, 0.29) is 0 Å². The molecule has 1 atom stereocenters. The van der Waals surface area contributed by atoms with Gasteiger partial charge in [0.25, 0.3) is 0 Å². The molecule has 0 aliphatic heterocycles. The van der Waals surface area contributed by atoms with E-state index in [1.807, 2.05) is 0 Å². The van der Waals surface area contributed by atoms with E-state index >= 15 is 0 Å². The minimum Gasteiger partial charge on any atom is -0.480 e. The highest BCUT2D eigenvalue weighted by Crippen LogP contribution is 2.26.